The molecule has 0 saturated carbocycles. The van der Waals surface area contributed by atoms with Gasteiger partial charge in [0, 0.05) is 0 Å². The molecule has 0 N–H and O–H groups in total. The van der Waals surface area contributed by atoms with Crippen molar-refractivity contribution in [3.05, 3.63) is 152 Å². The van der Waals surface area contributed by atoms with Gasteiger partial charge in [-0.25, -0.2) is 0 Å². The van der Waals surface area contributed by atoms with Gasteiger partial charge in [-0.3, -0.25) is 0 Å². The van der Waals surface area contributed by atoms with Gasteiger partial charge in [-0.1, -0.05) is 0 Å². The Morgan fingerprint density at radius 2 is 1.34 bits per heavy atom. The third kappa shape index (κ3) is 6.82. The Labute approximate surface area is 326 Å². The zero-order valence-corrected chi connectivity index (χ0v) is 35.8. The Morgan fingerprint density at radius 1 is 0.740 bits per heavy atom. The number of fused-ring (bicyclic) bond motifs is 2. The summed E-state index contributed by atoms with van der Waals surface area (Å²) in [4.78, 5) is 0. The molecule has 1 unspecified atom stereocenters. The summed E-state index contributed by atoms with van der Waals surface area (Å²) in [5.74, 6) is 1.83. The minimum Gasteiger partial charge on any atom is -1.00 e. The number of aryl methyl sites for hydroxylation is 1. The molecule has 0 aliphatic heterocycles. The van der Waals surface area contributed by atoms with Crippen LogP contribution >= 0.6 is 0 Å². The van der Waals surface area contributed by atoms with Gasteiger partial charge in [0.2, 0.25) is 0 Å². The first-order chi connectivity index (χ1) is 23.1. The molecule has 1 atom stereocenters. The molecule has 0 nitrogen and oxygen atoms in total. The van der Waals surface area contributed by atoms with Gasteiger partial charge in [-0.05, 0) is 0 Å². The van der Waals surface area contributed by atoms with E-state index in [1.54, 1.807) is 55.9 Å². The molecule has 0 heterocycles. The standard InChI is InChI=1S/C34H45.C13H10.2ClH.Zr/c1-11-24-17-26-19-28-31(30(26)27(18-24)20(3)4)29(21(5)6)32(22(7)8)34(12-2,23(9)10)33(28)25-15-13-14-16-25;1-3-7-12(8-4-1)11-13-9-5-2-6-10-13;;;/h13-15,17-18,20-23H,11-12,16H2,1-10H3;1-10H;2*1H;/q;;;;+2/p-2. The van der Waals surface area contributed by atoms with Crippen molar-refractivity contribution in [1.82, 2.24) is 0 Å². The largest absolute Gasteiger partial charge is 1.00 e. The number of allylic oxidation sites excluding steroid dienone is 8. The number of hydrogen-bond donors (Lipinski definition) is 0. The maximum Gasteiger partial charge on any atom is -1.00 e. The van der Waals surface area contributed by atoms with Crippen LogP contribution in [0.2, 0.25) is 0 Å². The summed E-state index contributed by atoms with van der Waals surface area (Å²) < 4.78 is 3.28. The molecule has 0 saturated heterocycles. The summed E-state index contributed by atoms with van der Waals surface area (Å²) in [5, 5.41) is 3.12. The van der Waals surface area contributed by atoms with Crippen LogP contribution in [0.25, 0.3) is 8.85 Å². The molecule has 0 aromatic heterocycles. The third-order valence-corrected chi connectivity index (χ3v) is 15.1. The Hall–Kier alpha value is -2.31. The molecule has 0 fully saturated rings. The molecular weight excluding hydrogens is 727 g/mol. The van der Waals surface area contributed by atoms with Gasteiger partial charge in [0.25, 0.3) is 0 Å². The van der Waals surface area contributed by atoms with Crippen LogP contribution in [0.3, 0.4) is 0 Å². The molecule has 3 aromatic rings. The maximum absolute atomic E-state index is 2.62. The smallest absolute Gasteiger partial charge is 1.00 e. The second-order valence-corrected chi connectivity index (χ2v) is 18.4. The Bertz CT molecular complexity index is 1960. The number of rotatable bonds is 10. The average Bonchev–Trinajstić information content (AvgIpc) is 3.72. The summed E-state index contributed by atoms with van der Waals surface area (Å²) >= 11 is -1.39. The van der Waals surface area contributed by atoms with Crippen molar-refractivity contribution in [1.29, 1.82) is 0 Å². The molecule has 3 heteroatoms. The summed E-state index contributed by atoms with van der Waals surface area (Å²) in [6.45, 7) is 24.6. The van der Waals surface area contributed by atoms with Gasteiger partial charge in [0.15, 0.2) is 0 Å². The molecule has 3 aliphatic rings. The van der Waals surface area contributed by atoms with E-state index in [2.05, 4.69) is 160 Å². The molecule has 3 aliphatic carbocycles. The first-order valence-electron chi connectivity index (χ1n) is 18.6. The van der Waals surface area contributed by atoms with Gasteiger partial charge in [-0.15, -0.1) is 0 Å². The molecule has 50 heavy (non-hydrogen) atoms. The van der Waals surface area contributed by atoms with Crippen LogP contribution in [0, 0.1) is 23.2 Å². The first kappa shape index (κ1) is 40.5. The van der Waals surface area contributed by atoms with Crippen LogP contribution < -0.4 is 35.3 Å². The molecular formula is C47H55Cl2Zr. The van der Waals surface area contributed by atoms with Crippen LogP contribution in [-0.2, 0) is 29.2 Å². The molecule has 3 aromatic carbocycles. The monoisotopic (exact) mass is 779 g/mol. The second kappa shape index (κ2) is 16.6. The summed E-state index contributed by atoms with van der Waals surface area (Å²) in [5.41, 5.74) is 15.6. The molecule has 0 amide bonds. The van der Waals surface area contributed by atoms with Crippen molar-refractivity contribution in [3.63, 3.8) is 0 Å². The van der Waals surface area contributed by atoms with Gasteiger partial charge in [0.1, 0.15) is 0 Å². The van der Waals surface area contributed by atoms with Gasteiger partial charge < -0.3 is 24.8 Å². The Morgan fingerprint density at radius 3 is 1.78 bits per heavy atom. The van der Waals surface area contributed by atoms with E-state index in [-0.39, 0.29) is 30.2 Å². The number of benzene rings is 3. The van der Waals surface area contributed by atoms with E-state index in [0.29, 0.717) is 23.7 Å². The fourth-order valence-electron chi connectivity index (χ4n) is 9.16. The summed E-state index contributed by atoms with van der Waals surface area (Å²) in [6.07, 6.45) is 10.4. The normalized spacial score (nSPS) is 18.1. The van der Waals surface area contributed by atoms with Crippen LogP contribution in [0.15, 0.2) is 119 Å². The number of hydrogen-bond acceptors (Lipinski definition) is 0. The maximum atomic E-state index is 2.62. The predicted molar refractivity (Wildman–Crippen MR) is 205 cm³/mol. The van der Waals surface area contributed by atoms with Gasteiger partial charge in [0.05, 0.1) is 0 Å². The topological polar surface area (TPSA) is 0 Å². The second-order valence-electron chi connectivity index (χ2n) is 15.3. The van der Waals surface area contributed by atoms with Gasteiger partial charge in [-0.2, -0.15) is 0 Å². The van der Waals surface area contributed by atoms with E-state index in [9.17, 15) is 0 Å². The van der Waals surface area contributed by atoms with Crippen molar-refractivity contribution < 1.29 is 47.6 Å². The van der Waals surface area contributed by atoms with E-state index < -0.39 is 22.8 Å². The van der Waals surface area contributed by atoms with Crippen molar-refractivity contribution in [3.8, 4) is 0 Å². The fraction of sp³-hybridized carbons (Fsp3) is 0.383. The first-order valence-corrected chi connectivity index (χ1v) is 21.0. The predicted octanol–water partition coefficient (Wildman–Crippen LogP) is 4.86. The van der Waals surface area contributed by atoms with E-state index in [4.69, 9.17) is 0 Å². The van der Waals surface area contributed by atoms with Crippen molar-refractivity contribution >= 4 is 12.1 Å². The molecule has 0 radical (unpaired) electrons. The Kier molecular flexibility index (Phi) is 13.4. The minimum absolute atomic E-state index is 0. The number of halogens is 2. The van der Waals surface area contributed by atoms with Crippen LogP contribution in [0.4, 0.5) is 0 Å². The van der Waals surface area contributed by atoms with E-state index >= 15 is 0 Å². The van der Waals surface area contributed by atoms with Crippen molar-refractivity contribution in [2.24, 2.45) is 23.2 Å². The fourth-order valence-corrected chi connectivity index (χ4v) is 13.0. The zero-order chi connectivity index (χ0) is 34.3. The van der Waals surface area contributed by atoms with Gasteiger partial charge >= 0.3 is 304 Å². The molecule has 0 spiro atoms. The molecule has 0 bridgehead atoms. The Balaban J connectivity index is 0.00000281. The average molecular weight is 782 g/mol. The SMILES string of the molecule is CCc1cc(C(C)C)c2c(c1)=[C]([Zr+2]=[C](c1ccccc1)c1ccccc1)C1=C(C3=CC=CC3)C(CC)(C(C)C)C(C(C)C)=C(C(C)C)C=21.[Cl-].[Cl-]. The van der Waals surface area contributed by atoms with E-state index in [1.165, 1.54) is 16.7 Å². The van der Waals surface area contributed by atoms with Crippen LogP contribution in [0.1, 0.15) is 110 Å². The van der Waals surface area contributed by atoms with E-state index in [1.807, 2.05) is 0 Å². The summed E-state index contributed by atoms with van der Waals surface area (Å²) in [7, 11) is 0. The minimum atomic E-state index is -1.39. The van der Waals surface area contributed by atoms with E-state index in [0.717, 1.165) is 19.3 Å². The molecule has 6 rings (SSSR count). The zero-order valence-electron chi connectivity index (χ0n) is 31.8. The van der Waals surface area contributed by atoms with Crippen molar-refractivity contribution in [2.45, 2.75) is 94.4 Å². The summed E-state index contributed by atoms with van der Waals surface area (Å²) in [6, 6.07) is 27.8. The van der Waals surface area contributed by atoms with Crippen molar-refractivity contribution in [2.75, 3.05) is 0 Å². The quantitative estimate of drug-likeness (QED) is 0.276. The van der Waals surface area contributed by atoms with Crippen LogP contribution in [0.5, 0.6) is 0 Å². The third-order valence-electron chi connectivity index (χ3n) is 11.2. The molecule has 261 valence electrons. The van der Waals surface area contributed by atoms with Crippen LogP contribution in [-0.4, -0.2) is 3.21 Å².